The molecule has 1 aromatic heterocycles. The van der Waals surface area contributed by atoms with Crippen LogP contribution in [0.15, 0.2) is 55.1 Å². The largest absolute Gasteiger partial charge is 0.497 e. The van der Waals surface area contributed by atoms with Crippen LogP contribution in [0.25, 0.3) is 5.69 Å². The highest BCUT2D eigenvalue weighted by Gasteiger charge is 2.07. The van der Waals surface area contributed by atoms with Gasteiger partial charge in [-0.15, -0.1) is 0 Å². The van der Waals surface area contributed by atoms with Crippen LogP contribution in [0, 0.1) is 0 Å². The van der Waals surface area contributed by atoms with Gasteiger partial charge >= 0.3 is 0 Å². The van der Waals surface area contributed by atoms with Crippen molar-refractivity contribution in [3.8, 4) is 17.2 Å². The number of methoxy groups -OCH3 is 2. The lowest BCUT2D eigenvalue weighted by Gasteiger charge is -2.16. The second-order valence-corrected chi connectivity index (χ2v) is 5.76. The fraction of sp³-hybridized carbons (Fsp3) is 0.263. The van der Waals surface area contributed by atoms with Gasteiger partial charge in [0.15, 0.2) is 0 Å². The molecule has 0 radical (unpaired) electrons. The van der Waals surface area contributed by atoms with Crippen LogP contribution in [0.5, 0.6) is 11.5 Å². The maximum absolute atomic E-state index is 5.32. The molecule has 0 aliphatic carbocycles. The number of hydrogen-bond donors (Lipinski definition) is 1. The van der Waals surface area contributed by atoms with E-state index >= 15 is 0 Å². The zero-order valence-electron chi connectivity index (χ0n) is 14.6. The van der Waals surface area contributed by atoms with E-state index in [1.54, 1.807) is 25.2 Å². The summed E-state index contributed by atoms with van der Waals surface area (Å²) in [7, 11) is 3.32. The third-order valence-electron chi connectivity index (χ3n) is 4.10. The maximum Gasteiger partial charge on any atom is 0.138 e. The number of nitrogens with zero attached hydrogens (tertiary/aromatic N) is 3. The molecule has 0 amide bonds. The third-order valence-corrected chi connectivity index (χ3v) is 4.10. The minimum Gasteiger partial charge on any atom is -0.497 e. The van der Waals surface area contributed by atoms with Gasteiger partial charge in [-0.05, 0) is 42.3 Å². The molecular weight excluding hydrogens is 316 g/mol. The van der Waals surface area contributed by atoms with E-state index in [0.717, 1.165) is 29.3 Å². The van der Waals surface area contributed by atoms with Crippen LogP contribution in [-0.2, 0) is 6.54 Å². The number of aromatic nitrogens is 3. The van der Waals surface area contributed by atoms with Crippen molar-refractivity contribution in [1.82, 2.24) is 20.1 Å². The van der Waals surface area contributed by atoms with Gasteiger partial charge in [-0.1, -0.05) is 12.1 Å². The monoisotopic (exact) mass is 338 g/mol. The van der Waals surface area contributed by atoms with E-state index in [2.05, 4.69) is 34.5 Å². The van der Waals surface area contributed by atoms with E-state index in [0.29, 0.717) is 0 Å². The van der Waals surface area contributed by atoms with Gasteiger partial charge in [-0.25, -0.2) is 9.67 Å². The summed E-state index contributed by atoms with van der Waals surface area (Å²) in [6.45, 7) is 2.86. The van der Waals surface area contributed by atoms with Crippen molar-refractivity contribution in [1.29, 1.82) is 0 Å². The van der Waals surface area contributed by atoms with Crippen molar-refractivity contribution >= 4 is 0 Å². The van der Waals surface area contributed by atoms with Gasteiger partial charge in [-0.2, -0.15) is 5.10 Å². The summed E-state index contributed by atoms with van der Waals surface area (Å²) in [6.07, 6.45) is 3.22. The first-order valence-electron chi connectivity index (χ1n) is 8.10. The number of nitrogens with one attached hydrogen (secondary N) is 1. The minimum absolute atomic E-state index is 0.210. The molecule has 3 rings (SSSR count). The quantitative estimate of drug-likeness (QED) is 0.717. The SMILES string of the molecule is COc1cc(CNC(C)c2ccc(-n3cncn3)cc2)cc(OC)c1. The van der Waals surface area contributed by atoms with E-state index in [1.807, 2.05) is 30.3 Å². The Morgan fingerprint density at radius 2 is 1.72 bits per heavy atom. The molecule has 0 fully saturated rings. The molecule has 0 saturated heterocycles. The van der Waals surface area contributed by atoms with Crippen LogP contribution >= 0.6 is 0 Å². The van der Waals surface area contributed by atoms with Gasteiger partial charge in [0.25, 0.3) is 0 Å². The summed E-state index contributed by atoms with van der Waals surface area (Å²) in [6, 6.07) is 14.4. The van der Waals surface area contributed by atoms with Gasteiger partial charge in [0, 0.05) is 18.7 Å². The summed E-state index contributed by atoms with van der Waals surface area (Å²) in [5, 5.41) is 7.66. The van der Waals surface area contributed by atoms with E-state index in [4.69, 9.17) is 9.47 Å². The lowest BCUT2D eigenvalue weighted by molar-refractivity contribution is 0.392. The first-order valence-corrected chi connectivity index (χ1v) is 8.10. The Morgan fingerprint density at radius 1 is 1.04 bits per heavy atom. The second-order valence-electron chi connectivity index (χ2n) is 5.76. The van der Waals surface area contributed by atoms with E-state index < -0.39 is 0 Å². The molecule has 0 saturated carbocycles. The lowest BCUT2D eigenvalue weighted by atomic mass is 10.1. The van der Waals surface area contributed by atoms with Gasteiger partial charge < -0.3 is 14.8 Å². The number of ether oxygens (including phenoxy) is 2. The van der Waals surface area contributed by atoms with Crippen LogP contribution in [-0.4, -0.2) is 29.0 Å². The van der Waals surface area contributed by atoms with Crippen molar-refractivity contribution in [3.63, 3.8) is 0 Å². The molecule has 1 unspecified atom stereocenters. The van der Waals surface area contributed by atoms with E-state index in [1.165, 1.54) is 11.9 Å². The molecule has 2 aromatic carbocycles. The maximum atomic E-state index is 5.32. The van der Waals surface area contributed by atoms with Gasteiger partial charge in [0.2, 0.25) is 0 Å². The molecule has 3 aromatic rings. The fourth-order valence-corrected chi connectivity index (χ4v) is 2.61. The zero-order valence-corrected chi connectivity index (χ0v) is 14.6. The Morgan fingerprint density at radius 3 is 2.28 bits per heavy atom. The van der Waals surface area contributed by atoms with Gasteiger partial charge in [0.1, 0.15) is 24.2 Å². The molecule has 1 atom stereocenters. The lowest BCUT2D eigenvalue weighted by Crippen LogP contribution is -2.18. The highest BCUT2D eigenvalue weighted by atomic mass is 16.5. The Balaban J connectivity index is 1.65. The Bertz CT molecular complexity index is 779. The average Bonchev–Trinajstić information content (AvgIpc) is 3.20. The fourth-order valence-electron chi connectivity index (χ4n) is 2.61. The normalized spacial score (nSPS) is 12.0. The highest BCUT2D eigenvalue weighted by Crippen LogP contribution is 2.23. The molecule has 0 aliphatic rings. The summed E-state index contributed by atoms with van der Waals surface area (Å²) < 4.78 is 12.4. The first kappa shape index (κ1) is 17.0. The predicted molar refractivity (Wildman–Crippen MR) is 96.2 cm³/mol. The van der Waals surface area contributed by atoms with Crippen molar-refractivity contribution < 1.29 is 9.47 Å². The molecule has 0 spiro atoms. The highest BCUT2D eigenvalue weighted by molar-refractivity contribution is 5.38. The Hall–Kier alpha value is -2.86. The summed E-state index contributed by atoms with van der Waals surface area (Å²) in [4.78, 5) is 3.97. The zero-order chi connectivity index (χ0) is 17.6. The van der Waals surface area contributed by atoms with Crippen molar-refractivity contribution in [3.05, 3.63) is 66.2 Å². The number of benzene rings is 2. The second kappa shape index (κ2) is 7.81. The third kappa shape index (κ3) is 4.16. The molecule has 130 valence electrons. The summed E-state index contributed by atoms with van der Waals surface area (Å²) >= 11 is 0. The molecule has 25 heavy (non-hydrogen) atoms. The molecular formula is C19H22N4O2. The van der Waals surface area contributed by atoms with Crippen molar-refractivity contribution in [2.45, 2.75) is 19.5 Å². The Labute approximate surface area is 147 Å². The Kier molecular flexibility index (Phi) is 5.30. The molecule has 0 bridgehead atoms. The van der Waals surface area contributed by atoms with Crippen LogP contribution in [0.3, 0.4) is 0 Å². The first-order chi connectivity index (χ1) is 12.2. The van der Waals surface area contributed by atoms with Crippen LogP contribution < -0.4 is 14.8 Å². The van der Waals surface area contributed by atoms with Crippen LogP contribution in [0.2, 0.25) is 0 Å². The number of hydrogen-bond acceptors (Lipinski definition) is 5. The molecule has 6 nitrogen and oxygen atoms in total. The topological polar surface area (TPSA) is 61.2 Å². The van der Waals surface area contributed by atoms with E-state index in [-0.39, 0.29) is 6.04 Å². The van der Waals surface area contributed by atoms with E-state index in [9.17, 15) is 0 Å². The van der Waals surface area contributed by atoms with Gasteiger partial charge in [0.05, 0.1) is 19.9 Å². The van der Waals surface area contributed by atoms with Crippen LogP contribution in [0.4, 0.5) is 0 Å². The molecule has 0 aliphatic heterocycles. The predicted octanol–water partition coefficient (Wildman–Crippen LogP) is 3.14. The minimum atomic E-state index is 0.210. The van der Waals surface area contributed by atoms with Gasteiger partial charge in [-0.3, -0.25) is 0 Å². The molecule has 1 heterocycles. The standard InChI is InChI=1S/C19H22N4O2/c1-14(16-4-6-17(7-5-16)23-13-20-12-22-23)21-11-15-8-18(24-2)10-19(9-15)25-3/h4-10,12-14,21H,11H2,1-3H3. The van der Waals surface area contributed by atoms with Crippen LogP contribution in [0.1, 0.15) is 24.1 Å². The summed E-state index contributed by atoms with van der Waals surface area (Å²) in [5.74, 6) is 1.59. The summed E-state index contributed by atoms with van der Waals surface area (Å²) in [5.41, 5.74) is 3.31. The van der Waals surface area contributed by atoms with Crippen molar-refractivity contribution in [2.75, 3.05) is 14.2 Å². The molecule has 1 N–H and O–H groups in total. The van der Waals surface area contributed by atoms with Crippen molar-refractivity contribution in [2.24, 2.45) is 0 Å². The average molecular weight is 338 g/mol. The smallest absolute Gasteiger partial charge is 0.138 e. The molecule has 6 heteroatoms. The number of rotatable bonds is 7.